The number of hydrogen-bond donors (Lipinski definition) is 0. The third-order valence-electron chi connectivity index (χ3n) is 7.85. The molecule has 2 aliphatic carbocycles. The lowest BCUT2D eigenvalue weighted by molar-refractivity contribution is 0.166. The molecule has 0 heterocycles. The van der Waals surface area contributed by atoms with Crippen LogP contribution in [0, 0.1) is 35.3 Å². The van der Waals surface area contributed by atoms with E-state index in [2.05, 4.69) is 36.9 Å². The highest BCUT2D eigenvalue weighted by Gasteiger charge is 2.29. The summed E-state index contributed by atoms with van der Waals surface area (Å²) in [6, 6.07) is 12.2. The fourth-order valence-corrected chi connectivity index (χ4v) is 5.74. The molecular formula is C30H36F2. The summed E-state index contributed by atoms with van der Waals surface area (Å²) in [4.78, 5) is 0. The van der Waals surface area contributed by atoms with Gasteiger partial charge in [0.2, 0.25) is 0 Å². The third-order valence-corrected chi connectivity index (χ3v) is 7.85. The number of hydrogen-bond acceptors (Lipinski definition) is 0. The topological polar surface area (TPSA) is 0 Å². The maximum atomic E-state index is 13.5. The number of aryl methyl sites for hydroxylation is 1. The summed E-state index contributed by atoms with van der Waals surface area (Å²) >= 11 is 0. The molecule has 2 aromatic rings. The molecule has 0 atom stereocenters. The van der Waals surface area contributed by atoms with Crippen molar-refractivity contribution in [2.24, 2.45) is 23.7 Å². The van der Waals surface area contributed by atoms with Crippen LogP contribution in [0.25, 0.3) is 11.1 Å². The summed E-state index contributed by atoms with van der Waals surface area (Å²) < 4.78 is 26.6. The van der Waals surface area contributed by atoms with Gasteiger partial charge in [0.25, 0.3) is 0 Å². The van der Waals surface area contributed by atoms with Gasteiger partial charge in [-0.05, 0) is 117 Å². The monoisotopic (exact) mass is 434 g/mol. The van der Waals surface area contributed by atoms with E-state index in [0.29, 0.717) is 5.56 Å². The summed E-state index contributed by atoms with van der Waals surface area (Å²) in [5.41, 5.74) is 2.90. The van der Waals surface area contributed by atoms with E-state index in [1.807, 2.05) is 12.1 Å². The highest BCUT2D eigenvalue weighted by Crippen LogP contribution is 2.41. The van der Waals surface area contributed by atoms with Crippen molar-refractivity contribution in [1.82, 2.24) is 0 Å². The Morgan fingerprint density at radius 1 is 0.719 bits per heavy atom. The molecule has 0 N–H and O–H groups in total. The summed E-state index contributed by atoms with van der Waals surface area (Å²) in [5, 5.41) is 0. The van der Waals surface area contributed by atoms with Gasteiger partial charge in [0.15, 0.2) is 11.6 Å². The highest BCUT2D eigenvalue weighted by molar-refractivity contribution is 5.63. The van der Waals surface area contributed by atoms with Gasteiger partial charge in [0.05, 0.1) is 0 Å². The maximum absolute atomic E-state index is 13.5. The number of halogens is 2. The van der Waals surface area contributed by atoms with E-state index in [9.17, 15) is 8.78 Å². The van der Waals surface area contributed by atoms with Crippen molar-refractivity contribution in [1.29, 1.82) is 0 Å². The van der Waals surface area contributed by atoms with Crippen LogP contribution in [0.4, 0.5) is 8.78 Å². The zero-order valence-electron chi connectivity index (χ0n) is 19.1. The zero-order valence-corrected chi connectivity index (χ0v) is 19.1. The van der Waals surface area contributed by atoms with Crippen LogP contribution >= 0.6 is 0 Å². The lowest BCUT2D eigenvalue weighted by Crippen LogP contribution is -2.25. The third kappa shape index (κ3) is 5.97. The van der Waals surface area contributed by atoms with Crippen molar-refractivity contribution in [2.75, 3.05) is 0 Å². The van der Waals surface area contributed by atoms with Crippen LogP contribution in [0.15, 0.2) is 67.3 Å². The first-order chi connectivity index (χ1) is 15.6. The lowest BCUT2D eigenvalue weighted by Gasteiger charge is -2.36. The summed E-state index contributed by atoms with van der Waals surface area (Å²) in [5.74, 6) is 1.84. The molecule has 2 fully saturated rings. The first kappa shape index (κ1) is 23.0. The molecule has 4 rings (SSSR count). The van der Waals surface area contributed by atoms with Gasteiger partial charge >= 0.3 is 0 Å². The highest BCUT2D eigenvalue weighted by atomic mass is 19.2. The molecule has 170 valence electrons. The second-order valence-corrected chi connectivity index (χ2v) is 9.88. The first-order valence-corrected chi connectivity index (χ1v) is 12.5. The van der Waals surface area contributed by atoms with Gasteiger partial charge in [-0.3, -0.25) is 0 Å². The molecule has 0 nitrogen and oxygen atoms in total. The molecule has 0 spiro atoms. The van der Waals surface area contributed by atoms with Crippen molar-refractivity contribution in [3.05, 3.63) is 84.5 Å². The quantitative estimate of drug-likeness (QED) is 0.382. The summed E-state index contributed by atoms with van der Waals surface area (Å²) in [7, 11) is 0. The SMILES string of the molecule is C=CC1CCC(C2CCC(/C=C/CCc3ccc(-c4ccc(F)c(F)c4)cc3)CC2)CC1. The predicted octanol–water partition coefficient (Wildman–Crippen LogP) is 8.92. The zero-order chi connectivity index (χ0) is 22.3. The molecule has 2 aromatic carbocycles. The number of benzene rings is 2. The Morgan fingerprint density at radius 3 is 1.91 bits per heavy atom. The van der Waals surface area contributed by atoms with Crippen molar-refractivity contribution >= 4 is 0 Å². The van der Waals surface area contributed by atoms with Gasteiger partial charge in [0.1, 0.15) is 0 Å². The second kappa shape index (κ2) is 11.1. The van der Waals surface area contributed by atoms with Crippen LogP contribution in [0.5, 0.6) is 0 Å². The minimum absolute atomic E-state index is 0.708. The maximum Gasteiger partial charge on any atom is 0.159 e. The smallest absolute Gasteiger partial charge is 0.159 e. The van der Waals surface area contributed by atoms with Crippen LogP contribution in [-0.2, 0) is 6.42 Å². The Balaban J connectivity index is 1.18. The normalized spacial score (nSPS) is 26.3. The standard InChI is InChI=1S/C30H36F2/c1-2-22-7-13-25(14-8-22)26-15-9-23(10-16-26)5-3-4-6-24-11-17-27(18-12-24)28-19-20-29(31)30(32)21-28/h2-3,5,11-12,17-23,25-26H,1,4,6-10,13-16H2/b5-3+. The van der Waals surface area contributed by atoms with Gasteiger partial charge in [-0.15, -0.1) is 6.58 Å². The van der Waals surface area contributed by atoms with Crippen LogP contribution in [0.2, 0.25) is 0 Å². The van der Waals surface area contributed by atoms with E-state index in [1.165, 1.54) is 69.1 Å². The Kier molecular flexibility index (Phi) is 7.95. The fraction of sp³-hybridized carbons (Fsp3) is 0.467. The minimum atomic E-state index is -0.804. The van der Waals surface area contributed by atoms with Crippen LogP contribution in [0.3, 0.4) is 0 Å². The molecule has 0 bridgehead atoms. The summed E-state index contributed by atoms with van der Waals surface area (Å²) in [6.45, 7) is 3.98. The van der Waals surface area contributed by atoms with E-state index in [-0.39, 0.29) is 0 Å². The molecule has 2 aliphatic rings. The lowest BCUT2D eigenvalue weighted by atomic mass is 9.69. The van der Waals surface area contributed by atoms with Crippen molar-refractivity contribution in [2.45, 2.75) is 64.2 Å². The first-order valence-electron chi connectivity index (χ1n) is 12.5. The van der Waals surface area contributed by atoms with Gasteiger partial charge in [0, 0.05) is 0 Å². The van der Waals surface area contributed by atoms with Crippen LogP contribution in [0.1, 0.15) is 63.4 Å². The number of rotatable bonds is 7. The van der Waals surface area contributed by atoms with Crippen LogP contribution in [-0.4, -0.2) is 0 Å². The van der Waals surface area contributed by atoms with Crippen molar-refractivity contribution in [3.8, 4) is 11.1 Å². The van der Waals surface area contributed by atoms with E-state index in [1.54, 1.807) is 6.07 Å². The predicted molar refractivity (Wildman–Crippen MR) is 130 cm³/mol. The van der Waals surface area contributed by atoms with Crippen molar-refractivity contribution in [3.63, 3.8) is 0 Å². The van der Waals surface area contributed by atoms with Crippen molar-refractivity contribution < 1.29 is 8.78 Å². The average molecular weight is 435 g/mol. The largest absolute Gasteiger partial charge is 0.204 e. The molecule has 32 heavy (non-hydrogen) atoms. The van der Waals surface area contributed by atoms with E-state index in [0.717, 1.165) is 42.1 Å². The Hall–Kier alpha value is -2.22. The summed E-state index contributed by atoms with van der Waals surface area (Å²) in [6.07, 6.45) is 20.1. The molecule has 0 saturated heterocycles. The van der Waals surface area contributed by atoms with E-state index >= 15 is 0 Å². The molecule has 0 radical (unpaired) electrons. The van der Waals surface area contributed by atoms with Crippen LogP contribution < -0.4 is 0 Å². The Bertz CT molecular complexity index is 895. The molecule has 0 aliphatic heterocycles. The van der Waals surface area contributed by atoms with Gasteiger partial charge in [-0.2, -0.15) is 0 Å². The molecule has 2 heteroatoms. The fourth-order valence-electron chi connectivity index (χ4n) is 5.74. The molecule has 0 aromatic heterocycles. The van der Waals surface area contributed by atoms with E-state index in [4.69, 9.17) is 0 Å². The van der Waals surface area contributed by atoms with Gasteiger partial charge in [-0.25, -0.2) is 8.78 Å². The Labute approximate surface area is 192 Å². The Morgan fingerprint density at radius 2 is 1.31 bits per heavy atom. The molecule has 0 amide bonds. The minimum Gasteiger partial charge on any atom is -0.204 e. The van der Waals surface area contributed by atoms with Gasteiger partial charge < -0.3 is 0 Å². The average Bonchev–Trinajstić information content (AvgIpc) is 2.84. The molecule has 2 saturated carbocycles. The second-order valence-electron chi connectivity index (χ2n) is 9.88. The van der Waals surface area contributed by atoms with Gasteiger partial charge in [-0.1, -0.05) is 48.6 Å². The van der Waals surface area contributed by atoms with E-state index < -0.39 is 11.6 Å². The number of allylic oxidation sites excluding steroid dienone is 3. The molecule has 0 unspecified atom stereocenters. The molecular weight excluding hydrogens is 398 g/mol.